The molecule has 23 heteroatoms. The molecule has 2 aromatic rings. The summed E-state index contributed by atoms with van der Waals surface area (Å²) >= 11 is 0. The predicted molar refractivity (Wildman–Crippen MR) is 190 cm³/mol. The van der Waals surface area contributed by atoms with Crippen molar-refractivity contribution in [1.82, 2.24) is 19.7 Å². The maximum Gasteiger partial charge on any atom is 0.472 e. The van der Waals surface area contributed by atoms with Crippen LogP contribution in [0.1, 0.15) is 84.8 Å². The van der Waals surface area contributed by atoms with Crippen molar-refractivity contribution in [2.75, 3.05) is 33.2 Å². The molecule has 1 aromatic carbocycles. The van der Waals surface area contributed by atoms with Crippen LogP contribution in [0, 0.1) is 17.0 Å². The molecule has 0 radical (unpaired) electrons. The molecule has 4 aliphatic rings. The van der Waals surface area contributed by atoms with Crippen LogP contribution in [0.5, 0.6) is 5.75 Å². The lowest BCUT2D eigenvalue weighted by atomic mass is 9.84. The van der Waals surface area contributed by atoms with E-state index in [0.29, 0.717) is 35.9 Å². The minimum atomic E-state index is -5.00. The number of ether oxygens (including phenoxy) is 3. The summed E-state index contributed by atoms with van der Waals surface area (Å²) in [5.41, 5.74) is -3.38. The number of benzene rings is 1. The highest BCUT2D eigenvalue weighted by atomic mass is 31.2. The van der Waals surface area contributed by atoms with Crippen LogP contribution in [-0.2, 0) is 39.5 Å². The van der Waals surface area contributed by atoms with E-state index in [4.69, 9.17) is 24.1 Å². The van der Waals surface area contributed by atoms with E-state index in [1.54, 1.807) is 11.8 Å². The molecule has 20 nitrogen and oxygen atoms in total. The zero-order chi connectivity index (χ0) is 42.2. The fraction of sp³-hybridized carbons (Fsp3) is 0.514. The highest BCUT2D eigenvalue weighted by Crippen LogP contribution is 2.50. The van der Waals surface area contributed by atoms with Crippen molar-refractivity contribution < 1.29 is 75.8 Å². The van der Waals surface area contributed by atoms with E-state index in [9.17, 15) is 47.2 Å². The number of oxime groups is 1. The van der Waals surface area contributed by atoms with Gasteiger partial charge < -0.3 is 48.7 Å². The van der Waals surface area contributed by atoms with Gasteiger partial charge in [0.2, 0.25) is 24.8 Å². The molecule has 58 heavy (non-hydrogen) atoms. The summed E-state index contributed by atoms with van der Waals surface area (Å²) in [5.74, 6) is -6.27. The summed E-state index contributed by atoms with van der Waals surface area (Å²) in [6.45, 7) is -0.0301. The lowest BCUT2D eigenvalue weighted by molar-refractivity contribution is -0.157. The van der Waals surface area contributed by atoms with Crippen molar-refractivity contribution in [1.29, 1.82) is 0 Å². The van der Waals surface area contributed by atoms with Crippen LogP contribution in [0.3, 0.4) is 0 Å². The van der Waals surface area contributed by atoms with Crippen molar-refractivity contribution in [2.24, 2.45) is 10.6 Å². The molecular weight excluding hydrogens is 799 g/mol. The quantitative estimate of drug-likeness (QED) is 0.114. The number of hydrogen-bond acceptors (Lipinski definition) is 13. The molecule has 3 atom stereocenters. The molecule has 1 spiro atoms. The van der Waals surface area contributed by atoms with Gasteiger partial charge in [0.15, 0.2) is 11.3 Å². The molecule has 1 saturated carbocycles. The molecule has 1 saturated heterocycles. The van der Waals surface area contributed by atoms with Gasteiger partial charge in [0.1, 0.15) is 23.7 Å². The molecule has 4 heterocycles. The van der Waals surface area contributed by atoms with E-state index in [1.807, 2.05) is 6.92 Å². The first-order valence-electron chi connectivity index (χ1n) is 18.0. The SMILES string of the molecule is CC1=NO[C@@]2(CC[C@H](C)N3C[C@H]2n2cc(C(=O)NCc4ccc(F)cc4F)c(=O)c(OCOC(=O)C4(CCN(CC(=O)O)C(=O)OCOP(=O)(O)O)CC4)c2C3=O)C1. The van der Waals surface area contributed by atoms with E-state index >= 15 is 0 Å². The van der Waals surface area contributed by atoms with Crippen molar-refractivity contribution in [3.63, 3.8) is 0 Å². The summed E-state index contributed by atoms with van der Waals surface area (Å²) in [5, 5.41) is 15.9. The standard InChI is InChI=1S/C35H40F2N5O15P/c1-19-12-35(57-39-19)6-5-20(2)41-15-25(35)42-14-23(30(46)38-13-21-3-4-22(36)11-24(21)37)28(45)29(27(42)31(41)47)53-17-54-32(48)34(7-8-34)9-10-40(16-26(43)44)33(49)55-18-56-58(50,51)52/h3-4,11,14,20,25H,5-10,12-13,15-18H2,1-2H3,(H,38,46)(H,43,44)(H2,50,51,52)/t20-,25+,35-/m0/s1. The molecular formula is C35H40F2N5O15P. The first-order valence-corrected chi connectivity index (χ1v) is 19.5. The van der Waals surface area contributed by atoms with Gasteiger partial charge in [-0.2, -0.15) is 0 Å². The third-order valence-electron chi connectivity index (χ3n) is 10.7. The molecule has 1 aliphatic carbocycles. The van der Waals surface area contributed by atoms with E-state index < -0.39 is 110 Å². The van der Waals surface area contributed by atoms with E-state index in [2.05, 4.69) is 19.7 Å². The largest absolute Gasteiger partial charge is 0.480 e. The Labute approximate surface area is 327 Å². The number of pyridine rings is 1. The van der Waals surface area contributed by atoms with Crippen molar-refractivity contribution in [3.05, 3.63) is 63.1 Å². The molecule has 3 aliphatic heterocycles. The van der Waals surface area contributed by atoms with Crippen LogP contribution < -0.4 is 15.5 Å². The zero-order valence-corrected chi connectivity index (χ0v) is 32.1. The predicted octanol–water partition coefficient (Wildman–Crippen LogP) is 2.41. The van der Waals surface area contributed by atoms with Crippen molar-refractivity contribution >= 4 is 43.4 Å². The number of aliphatic carboxylic acids is 1. The summed E-state index contributed by atoms with van der Waals surface area (Å²) in [7, 11) is -5.00. The van der Waals surface area contributed by atoms with Gasteiger partial charge in [-0.05, 0) is 52.0 Å². The van der Waals surface area contributed by atoms with Gasteiger partial charge in [-0.25, -0.2) is 22.7 Å². The second-order valence-electron chi connectivity index (χ2n) is 14.6. The number of rotatable bonds is 15. The zero-order valence-electron chi connectivity index (χ0n) is 31.2. The summed E-state index contributed by atoms with van der Waals surface area (Å²) in [6.07, 6.45) is 1.63. The first kappa shape index (κ1) is 42.2. The lowest BCUT2D eigenvalue weighted by Gasteiger charge is -2.42. The van der Waals surface area contributed by atoms with E-state index in [1.165, 1.54) is 10.8 Å². The average Bonchev–Trinajstić information content (AvgIpc) is 3.87. The number of carbonyl (C=O) groups excluding carboxylic acids is 4. The van der Waals surface area contributed by atoms with Crippen LogP contribution in [0.2, 0.25) is 0 Å². The maximum absolute atomic E-state index is 14.4. The molecule has 0 unspecified atom stereocenters. The topological polar surface area (TPSA) is 262 Å². The number of phosphoric ester groups is 1. The number of esters is 1. The van der Waals surface area contributed by atoms with Gasteiger partial charge in [0, 0.05) is 49.9 Å². The highest BCUT2D eigenvalue weighted by Gasteiger charge is 2.54. The minimum Gasteiger partial charge on any atom is -0.480 e. The fourth-order valence-electron chi connectivity index (χ4n) is 7.33. The van der Waals surface area contributed by atoms with Crippen LogP contribution in [0.4, 0.5) is 13.6 Å². The molecule has 314 valence electrons. The lowest BCUT2D eigenvalue weighted by Crippen LogP contribution is -2.52. The van der Waals surface area contributed by atoms with Gasteiger partial charge in [-0.1, -0.05) is 11.2 Å². The number of nitrogens with one attached hydrogen (secondary N) is 1. The van der Waals surface area contributed by atoms with Crippen molar-refractivity contribution in [2.45, 2.75) is 76.6 Å². The maximum atomic E-state index is 14.4. The number of fused-ring (bicyclic) bond motifs is 5. The Morgan fingerprint density at radius 2 is 1.86 bits per heavy atom. The molecule has 3 amide bonds. The molecule has 2 fully saturated rings. The number of carbonyl (C=O) groups is 5. The van der Waals surface area contributed by atoms with Gasteiger partial charge in [0.05, 0.1) is 17.2 Å². The van der Waals surface area contributed by atoms with Crippen LogP contribution >= 0.6 is 7.82 Å². The average molecular weight is 840 g/mol. The monoisotopic (exact) mass is 839 g/mol. The van der Waals surface area contributed by atoms with Gasteiger partial charge >= 0.3 is 25.9 Å². The van der Waals surface area contributed by atoms with E-state index in [0.717, 1.165) is 12.1 Å². The number of carboxylic acids is 1. The van der Waals surface area contributed by atoms with E-state index in [-0.39, 0.29) is 49.7 Å². The summed E-state index contributed by atoms with van der Waals surface area (Å²) in [4.78, 5) is 105. The summed E-state index contributed by atoms with van der Waals surface area (Å²) in [6, 6.07) is 1.77. The number of hydrogen-bond donors (Lipinski definition) is 4. The molecule has 2 bridgehead atoms. The number of nitrogens with zero attached hydrogens (tertiary/aromatic N) is 4. The Morgan fingerprint density at radius 3 is 2.50 bits per heavy atom. The fourth-order valence-corrected chi connectivity index (χ4v) is 7.52. The summed E-state index contributed by atoms with van der Waals surface area (Å²) < 4.78 is 60.1. The number of aromatic nitrogens is 1. The second-order valence-corrected chi connectivity index (χ2v) is 15.8. The van der Waals surface area contributed by atoms with Gasteiger partial charge in [-0.3, -0.25) is 28.9 Å². The molecule has 1 aromatic heterocycles. The minimum absolute atomic E-state index is 0.0726. The Balaban J connectivity index is 1.24. The van der Waals surface area contributed by atoms with Crippen LogP contribution in [0.25, 0.3) is 0 Å². The molecule has 6 rings (SSSR count). The number of halogens is 2. The normalized spacial score (nSPS) is 21.6. The third-order valence-corrected chi connectivity index (χ3v) is 11.1. The Hall–Kier alpha value is -5.44. The van der Waals surface area contributed by atoms with Crippen molar-refractivity contribution in [3.8, 4) is 5.75 Å². The third kappa shape index (κ3) is 8.99. The van der Waals surface area contributed by atoms with Gasteiger partial charge in [0.25, 0.3) is 11.8 Å². The Kier molecular flexibility index (Phi) is 11.9. The second kappa shape index (κ2) is 16.4. The van der Waals surface area contributed by atoms with Gasteiger partial charge in [-0.15, -0.1) is 0 Å². The first-order chi connectivity index (χ1) is 27.3. The molecule has 4 N–H and O–H groups in total. The Bertz CT molecular complexity index is 2160. The number of carboxylic acid groups (broad SMARTS) is 1. The van der Waals surface area contributed by atoms with Crippen LogP contribution in [0.15, 0.2) is 34.3 Å². The number of amides is 3. The smallest absolute Gasteiger partial charge is 0.472 e. The Morgan fingerprint density at radius 1 is 1.12 bits per heavy atom. The number of phosphoric acid groups is 1. The highest BCUT2D eigenvalue weighted by molar-refractivity contribution is 7.46. The van der Waals surface area contributed by atoms with Crippen LogP contribution in [-0.4, -0.2) is 110 Å².